The fraction of sp³-hybridized carbons (Fsp3) is 0.500. The lowest BCUT2D eigenvalue weighted by Gasteiger charge is -2.26. The quantitative estimate of drug-likeness (QED) is 0.631. The summed E-state index contributed by atoms with van der Waals surface area (Å²) in [7, 11) is 2.07. The van der Waals surface area contributed by atoms with E-state index in [1.54, 1.807) is 11.3 Å². The van der Waals surface area contributed by atoms with Crippen LogP contribution in [-0.2, 0) is 0 Å². The number of thiophene rings is 1. The van der Waals surface area contributed by atoms with Crippen molar-refractivity contribution in [2.24, 2.45) is 5.84 Å². The van der Waals surface area contributed by atoms with Crippen molar-refractivity contribution < 1.29 is 0 Å². The third kappa shape index (κ3) is 3.10. The number of thioether (sulfide) groups is 1. The van der Waals surface area contributed by atoms with Crippen molar-refractivity contribution in [1.82, 2.24) is 9.97 Å². The second-order valence-electron chi connectivity index (χ2n) is 4.40. The van der Waals surface area contributed by atoms with E-state index in [2.05, 4.69) is 46.6 Å². The Bertz CT molecular complexity index is 542. The number of hydrogen-bond donors (Lipinski definition) is 2. The molecular formula is C12H19N5S2. The first-order valence-corrected chi connectivity index (χ1v) is 8.38. The topological polar surface area (TPSA) is 67.1 Å². The van der Waals surface area contributed by atoms with Crippen LogP contribution in [-0.4, -0.2) is 35.1 Å². The number of nitrogens with zero attached hydrogens (tertiary/aromatic N) is 3. The Morgan fingerprint density at radius 3 is 3.00 bits per heavy atom. The zero-order valence-electron chi connectivity index (χ0n) is 11.4. The van der Waals surface area contributed by atoms with Crippen LogP contribution in [0.5, 0.6) is 0 Å². The molecule has 2 aromatic rings. The number of fused-ring (bicyclic) bond motifs is 1. The summed E-state index contributed by atoms with van der Waals surface area (Å²) in [5.41, 5.74) is 2.54. The molecule has 1 unspecified atom stereocenters. The minimum absolute atomic E-state index is 0.427. The minimum atomic E-state index is 0.427. The normalized spacial score (nSPS) is 12.6. The first kappa shape index (κ1) is 14.4. The Balaban J connectivity index is 2.34. The standard InChI is InChI=1S/C12H19N5S2/c1-8(4-6-18-3)17(2)10-9-5-7-19-11(9)15-12(14-10)16-13/h5,7-8H,4,6,13H2,1-3H3,(H,14,15,16). The highest BCUT2D eigenvalue weighted by Crippen LogP contribution is 2.29. The van der Waals surface area contributed by atoms with Gasteiger partial charge in [-0.3, -0.25) is 5.43 Å². The lowest BCUT2D eigenvalue weighted by atomic mass is 10.2. The highest BCUT2D eigenvalue weighted by Gasteiger charge is 2.16. The largest absolute Gasteiger partial charge is 0.356 e. The van der Waals surface area contributed by atoms with E-state index in [1.807, 2.05) is 17.1 Å². The van der Waals surface area contributed by atoms with Crippen molar-refractivity contribution in [2.75, 3.05) is 29.4 Å². The summed E-state index contributed by atoms with van der Waals surface area (Å²) in [4.78, 5) is 12.0. The van der Waals surface area contributed by atoms with E-state index in [4.69, 9.17) is 5.84 Å². The van der Waals surface area contributed by atoms with Crippen LogP contribution in [0, 0.1) is 0 Å². The van der Waals surface area contributed by atoms with E-state index >= 15 is 0 Å². The van der Waals surface area contributed by atoms with Crippen molar-refractivity contribution in [2.45, 2.75) is 19.4 Å². The van der Waals surface area contributed by atoms with E-state index in [0.29, 0.717) is 12.0 Å². The summed E-state index contributed by atoms with van der Waals surface area (Å²) in [5, 5.41) is 3.12. The Labute approximate surface area is 121 Å². The lowest BCUT2D eigenvalue weighted by molar-refractivity contribution is 0.664. The summed E-state index contributed by atoms with van der Waals surface area (Å²) < 4.78 is 0. The van der Waals surface area contributed by atoms with Gasteiger partial charge in [-0.1, -0.05) is 0 Å². The molecule has 7 heteroatoms. The lowest BCUT2D eigenvalue weighted by Crippen LogP contribution is -2.30. The maximum absolute atomic E-state index is 5.44. The summed E-state index contributed by atoms with van der Waals surface area (Å²) in [5.74, 6) is 7.99. The van der Waals surface area contributed by atoms with Crippen LogP contribution in [0.3, 0.4) is 0 Å². The maximum Gasteiger partial charge on any atom is 0.240 e. The van der Waals surface area contributed by atoms with Crippen molar-refractivity contribution in [3.8, 4) is 0 Å². The Morgan fingerprint density at radius 2 is 2.32 bits per heavy atom. The van der Waals surface area contributed by atoms with E-state index in [1.165, 1.54) is 0 Å². The fourth-order valence-corrected chi connectivity index (χ4v) is 3.20. The minimum Gasteiger partial charge on any atom is -0.356 e. The average Bonchev–Trinajstić information content (AvgIpc) is 2.90. The number of nitrogens with one attached hydrogen (secondary N) is 1. The molecule has 2 rings (SSSR count). The summed E-state index contributed by atoms with van der Waals surface area (Å²) in [6.45, 7) is 2.21. The molecule has 19 heavy (non-hydrogen) atoms. The smallest absolute Gasteiger partial charge is 0.240 e. The van der Waals surface area contributed by atoms with Crippen molar-refractivity contribution in [3.63, 3.8) is 0 Å². The molecule has 0 radical (unpaired) electrons. The van der Waals surface area contributed by atoms with Gasteiger partial charge in [0, 0.05) is 13.1 Å². The van der Waals surface area contributed by atoms with Crippen LogP contribution in [0.25, 0.3) is 10.2 Å². The molecule has 104 valence electrons. The molecule has 0 aliphatic carbocycles. The summed E-state index contributed by atoms with van der Waals surface area (Å²) in [6.07, 6.45) is 3.25. The van der Waals surface area contributed by atoms with Gasteiger partial charge in [0.2, 0.25) is 5.95 Å². The van der Waals surface area contributed by atoms with Crippen molar-refractivity contribution >= 4 is 45.1 Å². The van der Waals surface area contributed by atoms with Gasteiger partial charge in [0.1, 0.15) is 10.6 Å². The van der Waals surface area contributed by atoms with Crippen molar-refractivity contribution in [3.05, 3.63) is 11.4 Å². The molecule has 0 aromatic carbocycles. The van der Waals surface area contributed by atoms with E-state index in [-0.39, 0.29) is 0 Å². The Kier molecular flexibility index (Phi) is 4.84. The van der Waals surface area contributed by atoms with Crippen LogP contribution < -0.4 is 16.2 Å². The molecule has 0 saturated heterocycles. The molecule has 0 aliphatic heterocycles. The third-order valence-corrected chi connectivity index (χ3v) is 4.62. The Morgan fingerprint density at radius 1 is 1.53 bits per heavy atom. The second-order valence-corrected chi connectivity index (χ2v) is 6.28. The van der Waals surface area contributed by atoms with Gasteiger partial charge in [-0.15, -0.1) is 11.3 Å². The van der Waals surface area contributed by atoms with E-state index in [9.17, 15) is 0 Å². The number of nitrogen functional groups attached to an aromatic ring is 1. The molecule has 0 fully saturated rings. The van der Waals surface area contributed by atoms with Crippen LogP contribution in [0.4, 0.5) is 11.8 Å². The van der Waals surface area contributed by atoms with E-state index < -0.39 is 0 Å². The summed E-state index contributed by atoms with van der Waals surface area (Å²) in [6, 6.07) is 2.49. The molecule has 1 atom stereocenters. The molecule has 0 bridgehead atoms. The SMILES string of the molecule is CSCCC(C)N(C)c1nc(NN)nc2sccc12. The molecule has 2 heterocycles. The fourth-order valence-electron chi connectivity index (χ4n) is 1.86. The maximum atomic E-state index is 5.44. The number of hydrogen-bond acceptors (Lipinski definition) is 7. The molecule has 3 N–H and O–H groups in total. The monoisotopic (exact) mass is 297 g/mol. The highest BCUT2D eigenvalue weighted by atomic mass is 32.2. The van der Waals surface area contributed by atoms with Crippen LogP contribution in [0.15, 0.2) is 11.4 Å². The van der Waals surface area contributed by atoms with Gasteiger partial charge < -0.3 is 4.90 Å². The number of anilines is 2. The molecule has 5 nitrogen and oxygen atoms in total. The zero-order valence-corrected chi connectivity index (χ0v) is 13.0. The first-order chi connectivity index (χ1) is 9.17. The average molecular weight is 297 g/mol. The molecule has 2 aromatic heterocycles. The van der Waals surface area contributed by atoms with Crippen LogP contribution in [0.1, 0.15) is 13.3 Å². The van der Waals surface area contributed by atoms with Gasteiger partial charge in [-0.2, -0.15) is 16.7 Å². The third-order valence-electron chi connectivity index (χ3n) is 3.17. The first-order valence-electron chi connectivity index (χ1n) is 6.11. The zero-order chi connectivity index (χ0) is 13.8. The van der Waals surface area contributed by atoms with Gasteiger partial charge in [0.15, 0.2) is 0 Å². The summed E-state index contributed by atoms with van der Waals surface area (Å²) >= 11 is 3.47. The van der Waals surface area contributed by atoms with Crippen LogP contribution >= 0.6 is 23.1 Å². The predicted molar refractivity (Wildman–Crippen MR) is 86.1 cm³/mol. The molecule has 0 aliphatic rings. The molecule has 0 spiro atoms. The van der Waals surface area contributed by atoms with Crippen LogP contribution in [0.2, 0.25) is 0 Å². The number of aromatic nitrogens is 2. The Hall–Kier alpha value is -1.05. The molecule has 0 amide bonds. The highest BCUT2D eigenvalue weighted by molar-refractivity contribution is 7.98. The van der Waals surface area contributed by atoms with Gasteiger partial charge in [-0.05, 0) is 36.8 Å². The predicted octanol–water partition coefficient (Wildman–Crippen LogP) is 2.55. The molecule has 0 saturated carbocycles. The van der Waals surface area contributed by atoms with Crippen molar-refractivity contribution in [1.29, 1.82) is 0 Å². The number of nitrogens with two attached hydrogens (primary N) is 1. The molecular weight excluding hydrogens is 278 g/mol. The number of hydrazine groups is 1. The van der Waals surface area contributed by atoms with Gasteiger partial charge in [0.05, 0.1) is 5.39 Å². The van der Waals surface area contributed by atoms with Gasteiger partial charge in [-0.25, -0.2) is 10.8 Å². The van der Waals surface area contributed by atoms with Gasteiger partial charge in [0.25, 0.3) is 0 Å². The van der Waals surface area contributed by atoms with Gasteiger partial charge >= 0.3 is 0 Å². The second kappa shape index (κ2) is 6.40. The number of rotatable bonds is 6. The van der Waals surface area contributed by atoms with E-state index in [0.717, 1.165) is 28.2 Å².